The van der Waals surface area contributed by atoms with Gasteiger partial charge >= 0.3 is 0 Å². The van der Waals surface area contributed by atoms with Gasteiger partial charge in [-0.2, -0.15) is 0 Å². The van der Waals surface area contributed by atoms with Crippen LogP contribution in [0.1, 0.15) is 31.2 Å². The van der Waals surface area contributed by atoms with Crippen molar-refractivity contribution in [1.82, 2.24) is 15.0 Å². The fourth-order valence-corrected chi connectivity index (χ4v) is 3.05. The van der Waals surface area contributed by atoms with Crippen LogP contribution in [-0.2, 0) is 6.42 Å². The number of nitrogens with two attached hydrogens (primary N) is 2. The molecular formula is C16H23N7. The summed E-state index contributed by atoms with van der Waals surface area (Å²) in [4.78, 5) is 17.2. The van der Waals surface area contributed by atoms with E-state index in [4.69, 9.17) is 11.5 Å². The Bertz CT molecular complexity index is 700. The third-order valence-corrected chi connectivity index (χ3v) is 4.40. The van der Waals surface area contributed by atoms with Gasteiger partial charge in [0.25, 0.3) is 0 Å². The lowest BCUT2D eigenvalue weighted by molar-refractivity contribution is 0.402. The Balaban J connectivity index is 1.91. The lowest BCUT2D eigenvalue weighted by atomic mass is 9.91. The molecule has 5 N–H and O–H groups in total. The van der Waals surface area contributed by atoms with Crippen molar-refractivity contribution in [2.75, 3.05) is 17.6 Å². The quantitative estimate of drug-likeness (QED) is 0.721. The van der Waals surface area contributed by atoms with Crippen LogP contribution >= 0.6 is 0 Å². The van der Waals surface area contributed by atoms with E-state index < -0.39 is 0 Å². The minimum Gasteiger partial charge on any atom is -0.383 e. The Hall–Kier alpha value is -2.28. The molecule has 1 aliphatic carbocycles. The molecule has 0 bridgehead atoms. The van der Waals surface area contributed by atoms with E-state index in [1.807, 2.05) is 0 Å². The van der Waals surface area contributed by atoms with Crippen molar-refractivity contribution in [3.05, 3.63) is 18.0 Å². The first kappa shape index (κ1) is 15.6. The van der Waals surface area contributed by atoms with Crippen LogP contribution in [0.15, 0.2) is 17.4 Å². The largest absolute Gasteiger partial charge is 0.383 e. The number of anilines is 2. The smallest absolute Gasteiger partial charge is 0.223 e. The van der Waals surface area contributed by atoms with E-state index in [0.29, 0.717) is 18.3 Å². The van der Waals surface area contributed by atoms with Crippen LogP contribution < -0.4 is 16.8 Å². The molecule has 2 heterocycles. The van der Waals surface area contributed by atoms with Crippen molar-refractivity contribution in [2.24, 2.45) is 10.7 Å². The van der Waals surface area contributed by atoms with Gasteiger partial charge in [-0.15, -0.1) is 0 Å². The number of nitrogens with zero attached hydrogens (tertiary/aromatic N) is 4. The molecule has 0 unspecified atom stereocenters. The third-order valence-electron chi connectivity index (χ3n) is 4.40. The summed E-state index contributed by atoms with van der Waals surface area (Å²) in [6.45, 7) is 4.15. The van der Waals surface area contributed by atoms with Crippen LogP contribution in [0.5, 0.6) is 0 Å². The van der Waals surface area contributed by atoms with Crippen molar-refractivity contribution in [2.45, 2.75) is 44.2 Å². The second kappa shape index (κ2) is 6.87. The zero-order chi connectivity index (χ0) is 16.2. The Morgan fingerprint density at radius 1 is 1.26 bits per heavy atom. The molecule has 2 aromatic rings. The number of nitrogens with one attached hydrogen (secondary N) is 1. The summed E-state index contributed by atoms with van der Waals surface area (Å²) in [6.07, 6.45) is 8.68. The number of pyridine rings is 1. The molecule has 1 aliphatic rings. The van der Waals surface area contributed by atoms with E-state index in [-0.39, 0.29) is 12.1 Å². The maximum Gasteiger partial charge on any atom is 0.223 e. The first-order valence-corrected chi connectivity index (χ1v) is 8.03. The maximum absolute atomic E-state index is 6.19. The number of hydrogen-bond donors (Lipinski definition) is 3. The van der Waals surface area contributed by atoms with Gasteiger partial charge in [-0.25, -0.2) is 15.0 Å². The van der Waals surface area contributed by atoms with E-state index in [2.05, 4.69) is 32.0 Å². The van der Waals surface area contributed by atoms with Crippen molar-refractivity contribution in [3.8, 4) is 0 Å². The molecule has 0 spiro atoms. The Kier molecular flexibility index (Phi) is 4.66. The SMILES string of the molecule is C=NCCc1cnc(N)c2cnc(N[C@H]3CCCC[C@H]3N)nc12. The molecule has 0 amide bonds. The van der Waals surface area contributed by atoms with Crippen molar-refractivity contribution >= 4 is 29.4 Å². The topological polar surface area (TPSA) is 115 Å². The Morgan fingerprint density at radius 3 is 2.87 bits per heavy atom. The van der Waals surface area contributed by atoms with E-state index >= 15 is 0 Å². The first-order valence-electron chi connectivity index (χ1n) is 8.03. The fraction of sp³-hybridized carbons (Fsp3) is 0.500. The molecule has 7 heteroatoms. The molecule has 2 aromatic heterocycles. The molecule has 1 fully saturated rings. The number of aliphatic imine (C=N–C) groups is 1. The highest BCUT2D eigenvalue weighted by molar-refractivity contribution is 5.90. The summed E-state index contributed by atoms with van der Waals surface area (Å²) >= 11 is 0. The molecule has 0 aliphatic heterocycles. The zero-order valence-electron chi connectivity index (χ0n) is 13.2. The van der Waals surface area contributed by atoms with Crippen LogP contribution in [0.2, 0.25) is 0 Å². The van der Waals surface area contributed by atoms with E-state index in [1.165, 1.54) is 12.8 Å². The molecule has 3 rings (SSSR count). The van der Waals surface area contributed by atoms with E-state index in [0.717, 1.165) is 35.7 Å². The van der Waals surface area contributed by atoms with Crippen molar-refractivity contribution in [3.63, 3.8) is 0 Å². The average molecular weight is 313 g/mol. The second-order valence-electron chi connectivity index (χ2n) is 6.02. The molecule has 2 atom stereocenters. The normalized spacial score (nSPS) is 21.3. The van der Waals surface area contributed by atoms with Gasteiger partial charge in [0.05, 0.1) is 10.9 Å². The van der Waals surface area contributed by atoms with Crippen LogP contribution in [0.3, 0.4) is 0 Å². The van der Waals surface area contributed by atoms with Gasteiger partial charge in [0.2, 0.25) is 5.95 Å². The minimum absolute atomic E-state index is 0.148. The molecule has 1 saturated carbocycles. The predicted octanol–water partition coefficient (Wildman–Crippen LogP) is 1.53. The summed E-state index contributed by atoms with van der Waals surface area (Å²) in [5, 5.41) is 4.15. The van der Waals surface area contributed by atoms with Gasteiger partial charge < -0.3 is 21.8 Å². The number of fused-ring (bicyclic) bond motifs is 1. The van der Waals surface area contributed by atoms with Crippen LogP contribution in [-0.4, -0.2) is 40.3 Å². The average Bonchev–Trinajstić information content (AvgIpc) is 2.56. The first-order chi connectivity index (χ1) is 11.2. The monoisotopic (exact) mass is 313 g/mol. The summed E-state index contributed by atoms with van der Waals surface area (Å²) in [7, 11) is 0. The number of hydrogen-bond acceptors (Lipinski definition) is 7. The lowest BCUT2D eigenvalue weighted by Gasteiger charge is -2.29. The van der Waals surface area contributed by atoms with Gasteiger partial charge in [0.1, 0.15) is 5.82 Å². The Labute approximate surface area is 135 Å². The standard InChI is InChI=1S/C16H23N7/c1-19-7-6-10-8-20-15(18)11-9-21-16(23-14(10)11)22-13-5-3-2-4-12(13)17/h8-9,12-13H,1-7,17H2,(H2,18,20)(H,21,22,23)/t12-,13+/m1/s1. The lowest BCUT2D eigenvalue weighted by Crippen LogP contribution is -2.42. The molecule has 0 saturated heterocycles. The fourth-order valence-electron chi connectivity index (χ4n) is 3.05. The van der Waals surface area contributed by atoms with Crippen LogP contribution in [0, 0.1) is 0 Å². The highest BCUT2D eigenvalue weighted by atomic mass is 15.1. The van der Waals surface area contributed by atoms with Crippen LogP contribution in [0.25, 0.3) is 10.9 Å². The van der Waals surface area contributed by atoms with Gasteiger partial charge in [-0.1, -0.05) is 12.8 Å². The predicted molar refractivity (Wildman–Crippen MR) is 93.7 cm³/mol. The van der Waals surface area contributed by atoms with E-state index in [9.17, 15) is 0 Å². The Morgan fingerprint density at radius 2 is 2.09 bits per heavy atom. The van der Waals surface area contributed by atoms with Gasteiger partial charge in [0.15, 0.2) is 0 Å². The summed E-state index contributed by atoms with van der Waals surface area (Å²) in [5.41, 5.74) is 14.0. The van der Waals surface area contributed by atoms with Gasteiger partial charge in [0, 0.05) is 31.0 Å². The number of rotatable bonds is 5. The zero-order valence-corrected chi connectivity index (χ0v) is 13.2. The molecule has 0 radical (unpaired) electrons. The van der Waals surface area contributed by atoms with Crippen LogP contribution in [0.4, 0.5) is 11.8 Å². The van der Waals surface area contributed by atoms with Gasteiger partial charge in [-0.05, 0) is 31.5 Å². The highest BCUT2D eigenvalue weighted by Gasteiger charge is 2.22. The van der Waals surface area contributed by atoms with E-state index in [1.54, 1.807) is 12.4 Å². The second-order valence-corrected chi connectivity index (χ2v) is 6.02. The summed E-state index contributed by atoms with van der Waals surface area (Å²) in [6, 6.07) is 0.369. The molecule has 7 nitrogen and oxygen atoms in total. The van der Waals surface area contributed by atoms with Crippen molar-refractivity contribution < 1.29 is 0 Å². The molecular weight excluding hydrogens is 290 g/mol. The maximum atomic E-state index is 6.19. The number of nitrogen functional groups attached to an aromatic ring is 1. The molecule has 122 valence electrons. The summed E-state index contributed by atoms with van der Waals surface area (Å²) in [5.74, 6) is 1.04. The summed E-state index contributed by atoms with van der Waals surface area (Å²) < 4.78 is 0. The van der Waals surface area contributed by atoms with Gasteiger partial charge in [-0.3, -0.25) is 0 Å². The third kappa shape index (κ3) is 3.39. The molecule has 0 aromatic carbocycles. The van der Waals surface area contributed by atoms with Crippen molar-refractivity contribution in [1.29, 1.82) is 0 Å². The molecule has 23 heavy (non-hydrogen) atoms. The highest BCUT2D eigenvalue weighted by Crippen LogP contribution is 2.24. The minimum atomic E-state index is 0.148. The number of aromatic nitrogens is 3.